The molecule has 0 spiro atoms. The zero-order valence-corrected chi connectivity index (χ0v) is 44.8. The van der Waals surface area contributed by atoms with Crippen molar-refractivity contribution in [2.24, 2.45) is 23.3 Å². The topological polar surface area (TPSA) is 216 Å². The first-order chi connectivity index (χ1) is 36.9. The fourth-order valence-corrected chi connectivity index (χ4v) is 12.4. The van der Waals surface area contributed by atoms with Crippen molar-refractivity contribution >= 4 is 46.2 Å². The minimum Gasteiger partial charge on any atom is -0.343 e. The Morgan fingerprint density at radius 1 is 0.539 bits per heavy atom. The van der Waals surface area contributed by atoms with E-state index in [0.717, 1.165) is 86.1 Å². The van der Waals surface area contributed by atoms with Gasteiger partial charge in [0.2, 0.25) is 23.6 Å². The van der Waals surface area contributed by atoms with E-state index in [-0.39, 0.29) is 97.6 Å². The largest absolute Gasteiger partial charge is 0.343 e. The first-order valence-corrected chi connectivity index (χ1v) is 28.1. The Morgan fingerprint density at radius 2 is 0.921 bits per heavy atom. The van der Waals surface area contributed by atoms with Crippen molar-refractivity contribution in [3.63, 3.8) is 0 Å². The van der Waals surface area contributed by atoms with E-state index in [2.05, 4.69) is 21.3 Å². The van der Waals surface area contributed by atoms with Gasteiger partial charge in [-0.25, -0.2) is 0 Å². The van der Waals surface area contributed by atoms with Gasteiger partial charge in [0.15, 0.2) is 0 Å². The molecule has 2 heterocycles. The summed E-state index contributed by atoms with van der Waals surface area (Å²) in [6.45, 7) is 2.28. The van der Waals surface area contributed by atoms with Gasteiger partial charge in [-0.05, 0) is 123 Å². The van der Waals surface area contributed by atoms with Crippen molar-refractivity contribution in [1.29, 1.82) is 0 Å². The highest BCUT2D eigenvalue weighted by Gasteiger charge is 2.43. The van der Waals surface area contributed by atoms with Gasteiger partial charge in [0.05, 0.1) is 25.2 Å². The molecular formula is C60H82N10O6. The smallest absolute Gasteiger partial charge is 0.253 e. The molecule has 6 unspecified atom stereocenters. The summed E-state index contributed by atoms with van der Waals surface area (Å²) in [4.78, 5) is 92.4. The molecule has 0 radical (unpaired) electrons. The standard InChI is InChI=1S/C60H82N10O6/c1-63-35-53(71)65-55(43-19-11-5-12-20-43)59(75)69-37-49(61)33-51(69)39-67(29-27-41-15-7-3-8-16-41)57(73)47-25-23-46-32-48(26-24-45(46)31-47)58(74)68(30-28-42-17-9-4-10-18-42)40-52-34-50(62)38-70(52)60(76)56(66-54(72)36-64-2)44-21-13-6-14-22-44/h3-4,7-10,15-18,23-26,31-32,43-44,49-52,55-56,63-64H,5-6,11-14,19-22,27-30,33-40,61-62H2,1-2H3,(H,65,71)(H,66,72). The van der Waals surface area contributed by atoms with Crippen LogP contribution in [-0.2, 0) is 32.0 Å². The van der Waals surface area contributed by atoms with Crippen LogP contribution in [0.5, 0.6) is 0 Å². The molecule has 0 bridgehead atoms. The van der Waals surface area contributed by atoms with Crippen LogP contribution in [0.2, 0.25) is 0 Å². The summed E-state index contributed by atoms with van der Waals surface area (Å²) in [5.74, 6) is -1.00. The first-order valence-electron chi connectivity index (χ1n) is 28.1. The lowest BCUT2D eigenvalue weighted by atomic mass is 9.83. The van der Waals surface area contributed by atoms with E-state index in [0.29, 0.717) is 63.0 Å². The molecule has 8 N–H and O–H groups in total. The minimum atomic E-state index is -0.664. The van der Waals surface area contributed by atoms with Gasteiger partial charge in [-0.2, -0.15) is 0 Å². The van der Waals surface area contributed by atoms with E-state index in [1.165, 1.54) is 0 Å². The first kappa shape index (κ1) is 56.0. The number of rotatable bonds is 22. The number of amides is 6. The predicted octanol–water partition coefficient (Wildman–Crippen LogP) is 4.64. The van der Waals surface area contributed by atoms with Crippen LogP contribution in [0.3, 0.4) is 0 Å². The summed E-state index contributed by atoms with van der Waals surface area (Å²) in [6.07, 6.45) is 12.0. The highest BCUT2D eigenvalue weighted by atomic mass is 16.2. The van der Waals surface area contributed by atoms with Crippen LogP contribution in [0, 0.1) is 11.8 Å². The van der Waals surface area contributed by atoms with Gasteiger partial charge < -0.3 is 52.3 Å². The molecular weight excluding hydrogens is 957 g/mol. The molecule has 2 aliphatic carbocycles. The van der Waals surface area contributed by atoms with Gasteiger partial charge in [0.25, 0.3) is 11.8 Å². The SMILES string of the molecule is CNCC(=O)NC(C(=O)N1CC(N)CC1CN(CCc1ccccc1)C(=O)c1ccc2cc(C(=O)N(CCc3ccccc3)CC3CC(N)CN3C(=O)C(NC(=O)CNC)C3CCCCC3)ccc2c1)C1CCCCC1. The Morgan fingerprint density at radius 3 is 1.29 bits per heavy atom. The van der Waals surface area contributed by atoms with E-state index in [4.69, 9.17) is 11.5 Å². The zero-order chi connectivity index (χ0) is 53.6. The number of benzene rings is 4. The quantitative estimate of drug-likeness (QED) is 0.0642. The molecule has 0 aromatic heterocycles. The molecule has 2 aliphatic heterocycles. The molecule has 16 nitrogen and oxygen atoms in total. The third-order valence-electron chi connectivity index (χ3n) is 16.3. The normalized spacial score (nSPS) is 21.0. The second kappa shape index (κ2) is 27.2. The molecule has 2 saturated heterocycles. The van der Waals surface area contributed by atoms with Crippen molar-refractivity contribution in [3.05, 3.63) is 119 Å². The molecule has 408 valence electrons. The molecule has 6 atom stereocenters. The summed E-state index contributed by atoms with van der Waals surface area (Å²) in [5.41, 5.74) is 16.4. The van der Waals surface area contributed by atoms with Crippen molar-refractivity contribution in [2.75, 3.05) is 66.5 Å². The molecule has 4 aromatic rings. The number of hydrogen-bond acceptors (Lipinski definition) is 10. The van der Waals surface area contributed by atoms with Gasteiger partial charge in [0.1, 0.15) is 12.1 Å². The molecule has 8 rings (SSSR count). The Bertz CT molecular complexity index is 2410. The molecule has 4 aromatic carbocycles. The molecule has 2 saturated carbocycles. The number of likely N-dealkylation sites (tertiary alicyclic amines) is 2. The van der Waals surface area contributed by atoms with E-state index in [1.54, 1.807) is 14.1 Å². The van der Waals surface area contributed by atoms with Gasteiger partial charge >= 0.3 is 0 Å². The lowest BCUT2D eigenvalue weighted by Crippen LogP contribution is -2.56. The number of carbonyl (C=O) groups is 6. The van der Waals surface area contributed by atoms with E-state index in [1.807, 2.05) is 117 Å². The van der Waals surface area contributed by atoms with Crippen molar-refractivity contribution in [2.45, 2.75) is 126 Å². The van der Waals surface area contributed by atoms with E-state index >= 15 is 0 Å². The maximum Gasteiger partial charge on any atom is 0.253 e. The minimum absolute atomic E-state index is 0.0298. The van der Waals surface area contributed by atoms with Crippen LogP contribution in [0.1, 0.15) is 109 Å². The second-order valence-corrected chi connectivity index (χ2v) is 22.0. The van der Waals surface area contributed by atoms with Crippen LogP contribution in [0.15, 0.2) is 97.1 Å². The van der Waals surface area contributed by atoms with Crippen LogP contribution in [0.4, 0.5) is 0 Å². The lowest BCUT2D eigenvalue weighted by molar-refractivity contribution is -0.139. The average Bonchev–Trinajstić information content (AvgIpc) is 4.02. The number of hydrogen-bond donors (Lipinski definition) is 6. The summed E-state index contributed by atoms with van der Waals surface area (Å²) in [7, 11) is 3.42. The van der Waals surface area contributed by atoms with Crippen molar-refractivity contribution in [3.8, 4) is 0 Å². The number of nitrogens with two attached hydrogens (primary N) is 2. The Kier molecular flexibility index (Phi) is 20.1. The Hall–Kier alpha value is -6.20. The van der Waals surface area contributed by atoms with Gasteiger partial charge in [-0.15, -0.1) is 0 Å². The third kappa shape index (κ3) is 14.6. The highest BCUT2D eigenvalue weighted by molar-refractivity contribution is 6.02. The van der Waals surface area contributed by atoms with Gasteiger partial charge in [-0.3, -0.25) is 28.8 Å². The number of fused-ring (bicyclic) bond motifs is 1. The Balaban J connectivity index is 1.03. The van der Waals surface area contributed by atoms with Crippen LogP contribution >= 0.6 is 0 Å². The fourth-order valence-electron chi connectivity index (χ4n) is 12.4. The molecule has 16 heteroatoms. The van der Waals surface area contributed by atoms with E-state index < -0.39 is 12.1 Å². The lowest BCUT2D eigenvalue weighted by Gasteiger charge is -2.36. The van der Waals surface area contributed by atoms with Crippen molar-refractivity contribution < 1.29 is 28.8 Å². The fraction of sp³-hybridized carbons (Fsp3) is 0.533. The third-order valence-corrected chi connectivity index (χ3v) is 16.3. The number of nitrogens with zero attached hydrogens (tertiary/aromatic N) is 4. The predicted molar refractivity (Wildman–Crippen MR) is 297 cm³/mol. The van der Waals surface area contributed by atoms with Crippen LogP contribution in [0.25, 0.3) is 10.8 Å². The summed E-state index contributed by atoms with van der Waals surface area (Å²) in [5, 5.41) is 13.5. The average molecular weight is 1040 g/mol. The summed E-state index contributed by atoms with van der Waals surface area (Å²) >= 11 is 0. The van der Waals surface area contributed by atoms with Crippen LogP contribution in [-0.4, -0.2) is 158 Å². The maximum absolute atomic E-state index is 14.9. The highest BCUT2D eigenvalue weighted by Crippen LogP contribution is 2.32. The molecule has 6 amide bonds. The summed E-state index contributed by atoms with van der Waals surface area (Å²) in [6, 6.07) is 28.6. The van der Waals surface area contributed by atoms with Crippen LogP contribution < -0.4 is 32.7 Å². The number of carbonyl (C=O) groups excluding carboxylic acids is 6. The molecule has 4 aliphatic rings. The van der Waals surface area contributed by atoms with Crippen molar-refractivity contribution in [1.82, 2.24) is 40.9 Å². The number of nitrogens with one attached hydrogen (secondary N) is 4. The van der Waals surface area contributed by atoms with Gasteiger partial charge in [-0.1, -0.05) is 111 Å². The molecule has 4 fully saturated rings. The summed E-state index contributed by atoms with van der Waals surface area (Å²) < 4.78 is 0. The maximum atomic E-state index is 14.9. The monoisotopic (exact) mass is 1040 g/mol. The molecule has 76 heavy (non-hydrogen) atoms. The van der Waals surface area contributed by atoms with E-state index in [9.17, 15) is 28.8 Å². The zero-order valence-electron chi connectivity index (χ0n) is 44.8. The van der Waals surface area contributed by atoms with Gasteiger partial charge in [0, 0.05) is 62.5 Å². The Labute approximate surface area is 449 Å². The number of likely N-dealkylation sites (N-methyl/N-ethyl adjacent to an activating group) is 2. The second-order valence-electron chi connectivity index (χ2n) is 22.0.